The third kappa shape index (κ3) is 5.47. The third-order valence-corrected chi connectivity index (χ3v) is 15.5. The van der Waals surface area contributed by atoms with Crippen LogP contribution in [0.25, 0.3) is 70.4 Å². The number of hydrogen-bond donors (Lipinski definition) is 0. The van der Waals surface area contributed by atoms with Crippen molar-refractivity contribution in [2.24, 2.45) is 0 Å². The van der Waals surface area contributed by atoms with Crippen LogP contribution >= 0.6 is 11.3 Å². The Hall–Kier alpha value is -7.98. The summed E-state index contributed by atoms with van der Waals surface area (Å²) < 4.78 is 9.85. The van der Waals surface area contributed by atoms with E-state index in [0.29, 0.717) is 0 Å². The zero-order chi connectivity index (χ0) is 43.3. The summed E-state index contributed by atoms with van der Waals surface area (Å²) in [6, 6.07) is 78.7. The Bertz CT molecular complexity index is 3790. The van der Waals surface area contributed by atoms with Crippen LogP contribution in [0, 0.1) is 0 Å². The Morgan fingerprint density at radius 1 is 0.424 bits per heavy atom. The molecule has 14 rings (SSSR count). The molecule has 3 heteroatoms. The molecule has 0 fully saturated rings. The van der Waals surface area contributed by atoms with E-state index in [-0.39, 0.29) is 0 Å². The van der Waals surface area contributed by atoms with Crippen molar-refractivity contribution in [3.63, 3.8) is 0 Å². The lowest BCUT2D eigenvalue weighted by atomic mass is 9.64. The van der Waals surface area contributed by atoms with E-state index in [0.717, 1.165) is 46.8 Å². The third-order valence-electron chi connectivity index (χ3n) is 14.4. The molecule has 1 spiro atoms. The van der Waals surface area contributed by atoms with E-state index in [1.165, 1.54) is 92.3 Å². The van der Waals surface area contributed by atoms with Crippen molar-refractivity contribution in [1.29, 1.82) is 0 Å². The number of thiophene rings is 1. The van der Waals surface area contributed by atoms with Crippen LogP contribution < -0.4 is 9.64 Å². The molecule has 1 aliphatic heterocycles. The molecule has 0 bridgehead atoms. The highest BCUT2D eigenvalue weighted by molar-refractivity contribution is 7.25. The van der Waals surface area contributed by atoms with Crippen LogP contribution in [0.3, 0.4) is 0 Å². The predicted octanol–water partition coefficient (Wildman–Crippen LogP) is 17.4. The standard InChI is InChI=1S/C63H41NOS/c1-2-12-40(13-3-1)41-22-29-46(30-23-41)64(48-33-37-60-54(39-48)53-19-9-11-21-59(53)66-60)47-31-24-42(25-32-47)45-26-34-52-51-18-8-10-20-55(51)63(58(52)38-45)56-35-27-43-14-4-6-16-49(43)61(56)65-62-50-17-7-5-15-44(50)28-36-57(62)63/h1-4,6-14,16-39H,5,15H2. The summed E-state index contributed by atoms with van der Waals surface area (Å²) in [6.45, 7) is 0. The molecule has 66 heavy (non-hydrogen) atoms. The fourth-order valence-corrected chi connectivity index (χ4v) is 12.4. The first kappa shape index (κ1) is 37.4. The number of benzene rings is 10. The maximum atomic E-state index is 7.24. The highest BCUT2D eigenvalue weighted by atomic mass is 32.1. The average molecular weight is 860 g/mol. The fourth-order valence-electron chi connectivity index (χ4n) is 11.4. The molecule has 1 aromatic heterocycles. The molecule has 310 valence electrons. The lowest BCUT2D eigenvalue weighted by Gasteiger charge is -2.41. The molecule has 11 aromatic rings. The molecule has 2 heterocycles. The second kappa shape index (κ2) is 14.5. The van der Waals surface area contributed by atoms with Gasteiger partial charge in [0.1, 0.15) is 11.5 Å². The van der Waals surface area contributed by atoms with Gasteiger partial charge in [0.15, 0.2) is 0 Å². The van der Waals surface area contributed by atoms with Gasteiger partial charge in [-0.15, -0.1) is 11.3 Å². The number of hydrogen-bond acceptors (Lipinski definition) is 3. The molecular formula is C63H41NOS. The zero-order valence-corrected chi connectivity index (χ0v) is 36.9. The Morgan fingerprint density at radius 2 is 1.06 bits per heavy atom. The number of aryl methyl sites for hydroxylation is 1. The van der Waals surface area contributed by atoms with E-state index in [4.69, 9.17) is 4.74 Å². The smallest absolute Gasteiger partial charge is 0.140 e. The van der Waals surface area contributed by atoms with E-state index in [1.807, 2.05) is 11.3 Å². The Kier molecular flexibility index (Phi) is 8.23. The first-order valence-electron chi connectivity index (χ1n) is 23.0. The van der Waals surface area contributed by atoms with Crippen LogP contribution in [0.15, 0.2) is 218 Å². The zero-order valence-electron chi connectivity index (χ0n) is 36.0. The summed E-state index contributed by atoms with van der Waals surface area (Å²) in [5, 5.41) is 4.90. The molecule has 1 atom stereocenters. The number of nitrogens with zero attached hydrogens (tertiary/aromatic N) is 1. The quantitative estimate of drug-likeness (QED) is 0.171. The number of allylic oxidation sites excluding steroid dienone is 1. The van der Waals surface area contributed by atoms with Crippen molar-refractivity contribution in [2.75, 3.05) is 4.90 Å². The first-order chi connectivity index (χ1) is 32.7. The van der Waals surface area contributed by atoms with Crippen molar-refractivity contribution in [2.45, 2.75) is 18.3 Å². The molecule has 0 N–H and O–H groups in total. The van der Waals surface area contributed by atoms with Crippen molar-refractivity contribution in [3.05, 3.63) is 252 Å². The molecule has 10 aromatic carbocycles. The van der Waals surface area contributed by atoms with Gasteiger partial charge in [-0.05, 0) is 123 Å². The summed E-state index contributed by atoms with van der Waals surface area (Å²) in [5.41, 5.74) is 17.6. The minimum absolute atomic E-state index is 0.581. The van der Waals surface area contributed by atoms with Gasteiger partial charge in [-0.3, -0.25) is 0 Å². The number of rotatable bonds is 5. The summed E-state index contributed by atoms with van der Waals surface area (Å²) in [7, 11) is 0. The summed E-state index contributed by atoms with van der Waals surface area (Å²) in [6.07, 6.45) is 6.66. The van der Waals surface area contributed by atoms with Crippen molar-refractivity contribution >= 4 is 65.4 Å². The predicted molar refractivity (Wildman–Crippen MR) is 277 cm³/mol. The van der Waals surface area contributed by atoms with Gasteiger partial charge >= 0.3 is 0 Å². The molecule has 3 aliphatic rings. The van der Waals surface area contributed by atoms with E-state index < -0.39 is 5.41 Å². The van der Waals surface area contributed by atoms with E-state index in [2.05, 4.69) is 229 Å². The lowest BCUT2D eigenvalue weighted by Crippen LogP contribution is -2.32. The normalized spacial score (nSPS) is 15.3. The van der Waals surface area contributed by atoms with E-state index in [1.54, 1.807) is 0 Å². The molecular weight excluding hydrogens is 819 g/mol. The fraction of sp³-hybridized carbons (Fsp3) is 0.0476. The molecule has 2 nitrogen and oxygen atoms in total. The second-order valence-electron chi connectivity index (χ2n) is 17.9. The van der Waals surface area contributed by atoms with Crippen LogP contribution in [0.5, 0.6) is 11.5 Å². The molecule has 2 aliphatic carbocycles. The van der Waals surface area contributed by atoms with Crippen LogP contribution in [-0.4, -0.2) is 0 Å². The Morgan fingerprint density at radius 3 is 1.91 bits per heavy atom. The summed E-state index contributed by atoms with van der Waals surface area (Å²) in [4.78, 5) is 2.40. The molecule has 0 amide bonds. The minimum atomic E-state index is -0.581. The van der Waals surface area contributed by atoms with E-state index >= 15 is 0 Å². The van der Waals surface area contributed by atoms with Crippen LogP contribution in [0.2, 0.25) is 0 Å². The highest BCUT2D eigenvalue weighted by Crippen LogP contribution is 2.64. The second-order valence-corrected chi connectivity index (χ2v) is 18.9. The molecule has 0 saturated carbocycles. The first-order valence-corrected chi connectivity index (χ1v) is 23.8. The maximum Gasteiger partial charge on any atom is 0.140 e. The topological polar surface area (TPSA) is 12.5 Å². The van der Waals surface area contributed by atoms with Gasteiger partial charge in [-0.25, -0.2) is 0 Å². The van der Waals surface area contributed by atoms with Crippen molar-refractivity contribution in [1.82, 2.24) is 0 Å². The molecule has 1 unspecified atom stereocenters. The Balaban J connectivity index is 0.933. The summed E-state index contributed by atoms with van der Waals surface area (Å²) in [5.74, 6) is 1.94. The number of fused-ring (bicyclic) bond motifs is 16. The maximum absolute atomic E-state index is 7.24. The van der Waals surface area contributed by atoms with Gasteiger partial charge in [0, 0.05) is 59.3 Å². The Labute approximate surface area is 388 Å². The highest BCUT2D eigenvalue weighted by Gasteiger charge is 2.52. The largest absolute Gasteiger partial charge is 0.455 e. The van der Waals surface area contributed by atoms with Crippen LogP contribution in [0.4, 0.5) is 17.1 Å². The van der Waals surface area contributed by atoms with Gasteiger partial charge < -0.3 is 9.64 Å². The monoisotopic (exact) mass is 859 g/mol. The molecule has 0 saturated heterocycles. The van der Waals surface area contributed by atoms with Crippen molar-refractivity contribution in [3.8, 4) is 44.9 Å². The lowest BCUT2D eigenvalue weighted by molar-refractivity contribution is 0.439. The minimum Gasteiger partial charge on any atom is -0.455 e. The van der Waals surface area contributed by atoms with E-state index in [9.17, 15) is 0 Å². The van der Waals surface area contributed by atoms with Gasteiger partial charge in [0.25, 0.3) is 0 Å². The summed E-state index contributed by atoms with van der Waals surface area (Å²) >= 11 is 1.86. The van der Waals surface area contributed by atoms with Gasteiger partial charge in [0.05, 0.1) is 5.41 Å². The van der Waals surface area contributed by atoms with Gasteiger partial charge in [-0.2, -0.15) is 0 Å². The number of anilines is 3. The SMILES string of the molecule is C1=Cc2c(ccc3c2Oc2c(ccc4ccccc24)C32c3ccccc3-c3ccc(-c4ccc(N(c5ccc(-c6ccccc6)cc5)c5ccc6sc7ccccc7c6c5)cc4)cc32)CC1. The van der Waals surface area contributed by atoms with Crippen molar-refractivity contribution < 1.29 is 4.74 Å². The van der Waals surface area contributed by atoms with Crippen LogP contribution in [-0.2, 0) is 11.8 Å². The van der Waals surface area contributed by atoms with Crippen LogP contribution in [0.1, 0.15) is 39.8 Å². The molecule has 0 radical (unpaired) electrons. The average Bonchev–Trinajstić information content (AvgIpc) is 3.90. The number of ether oxygens (including phenoxy) is 1. The van der Waals surface area contributed by atoms with Gasteiger partial charge in [0.2, 0.25) is 0 Å². The van der Waals surface area contributed by atoms with Gasteiger partial charge in [-0.1, -0.05) is 170 Å².